The predicted molar refractivity (Wildman–Crippen MR) is 67.5 cm³/mol. The minimum atomic E-state index is -4.66. The Balaban J connectivity index is 2.51. The topological polar surface area (TPSA) is 21.3 Å². The van der Waals surface area contributed by atoms with E-state index in [9.17, 15) is 13.2 Å². The lowest BCUT2D eigenvalue weighted by molar-refractivity contribution is -0.274. The summed E-state index contributed by atoms with van der Waals surface area (Å²) in [5, 5.41) is 3.16. The zero-order chi connectivity index (χ0) is 14.3. The number of hydrogen-bond donors (Lipinski definition) is 1. The van der Waals surface area contributed by atoms with Crippen LogP contribution in [0.1, 0.15) is 25.3 Å². The van der Waals surface area contributed by atoms with Gasteiger partial charge in [-0.15, -0.1) is 19.6 Å². The lowest BCUT2D eigenvalue weighted by atomic mass is 10.1. The van der Waals surface area contributed by atoms with E-state index in [1.807, 2.05) is 6.92 Å². The average molecular weight is 271 g/mol. The molecule has 0 aliphatic rings. The molecule has 104 valence electrons. The van der Waals surface area contributed by atoms with Gasteiger partial charge in [0.1, 0.15) is 5.75 Å². The van der Waals surface area contributed by atoms with Crippen molar-refractivity contribution in [1.82, 2.24) is 5.32 Å². The van der Waals surface area contributed by atoms with E-state index in [2.05, 4.69) is 16.0 Å². The minimum absolute atomic E-state index is 0.0175. The molecule has 1 rings (SSSR count). The Hall–Kier alpha value is -1.67. The first-order chi connectivity index (χ1) is 8.94. The molecule has 5 heteroatoms. The van der Waals surface area contributed by atoms with Crippen molar-refractivity contribution in [2.75, 3.05) is 0 Å². The van der Waals surface area contributed by atoms with Crippen LogP contribution >= 0.6 is 0 Å². The molecule has 0 radical (unpaired) electrons. The molecule has 1 atom stereocenters. The number of hydrogen-bond acceptors (Lipinski definition) is 2. The SMILES string of the molecule is C#CC(CCC)NCc1ccc(OC(F)(F)F)cc1. The molecule has 1 N–H and O–H groups in total. The number of rotatable bonds is 6. The standard InChI is InChI=1S/C14H16F3NO/c1-3-5-12(4-2)18-10-11-6-8-13(9-7-11)19-14(15,16)17/h2,6-9,12,18H,3,5,10H2,1H3. The molecule has 1 aromatic rings. The largest absolute Gasteiger partial charge is 0.573 e. The molecule has 2 nitrogen and oxygen atoms in total. The zero-order valence-corrected chi connectivity index (χ0v) is 10.6. The second-order valence-electron chi connectivity index (χ2n) is 4.08. The van der Waals surface area contributed by atoms with Gasteiger partial charge in [0.15, 0.2) is 0 Å². The van der Waals surface area contributed by atoms with Crippen molar-refractivity contribution in [2.24, 2.45) is 0 Å². The molecule has 0 heterocycles. The number of terminal acetylenes is 1. The van der Waals surface area contributed by atoms with Gasteiger partial charge in [-0.05, 0) is 24.1 Å². The Morgan fingerprint density at radius 2 is 1.95 bits per heavy atom. The van der Waals surface area contributed by atoms with Crippen molar-refractivity contribution in [2.45, 2.75) is 38.7 Å². The van der Waals surface area contributed by atoms with E-state index in [0.717, 1.165) is 18.4 Å². The van der Waals surface area contributed by atoms with Crippen LogP contribution in [0.2, 0.25) is 0 Å². The number of nitrogens with one attached hydrogen (secondary N) is 1. The summed E-state index contributed by atoms with van der Waals surface area (Å²) in [5.74, 6) is 2.41. The molecule has 19 heavy (non-hydrogen) atoms. The van der Waals surface area contributed by atoms with Gasteiger partial charge in [0.25, 0.3) is 0 Å². The summed E-state index contributed by atoms with van der Waals surface area (Å²) in [4.78, 5) is 0. The van der Waals surface area contributed by atoms with Crippen molar-refractivity contribution >= 4 is 0 Å². The maximum atomic E-state index is 12.0. The van der Waals surface area contributed by atoms with Crippen LogP contribution in [0.25, 0.3) is 0 Å². The normalized spacial score (nSPS) is 12.8. The number of benzene rings is 1. The molecule has 1 unspecified atom stereocenters. The first-order valence-corrected chi connectivity index (χ1v) is 5.99. The Labute approximate surface area is 111 Å². The van der Waals surface area contributed by atoms with Crippen LogP contribution < -0.4 is 10.1 Å². The summed E-state index contributed by atoms with van der Waals surface area (Å²) >= 11 is 0. The van der Waals surface area contributed by atoms with Gasteiger partial charge in [0.2, 0.25) is 0 Å². The van der Waals surface area contributed by atoms with E-state index >= 15 is 0 Å². The quantitative estimate of drug-likeness (QED) is 0.800. The highest BCUT2D eigenvalue weighted by Crippen LogP contribution is 2.22. The van der Waals surface area contributed by atoms with Gasteiger partial charge in [0, 0.05) is 6.54 Å². The van der Waals surface area contributed by atoms with Crippen LogP contribution in [0, 0.1) is 12.3 Å². The lowest BCUT2D eigenvalue weighted by Crippen LogP contribution is -2.26. The van der Waals surface area contributed by atoms with Crippen LogP contribution in [0.15, 0.2) is 24.3 Å². The van der Waals surface area contributed by atoms with E-state index in [0.29, 0.717) is 6.54 Å². The number of alkyl halides is 3. The summed E-state index contributed by atoms with van der Waals surface area (Å²) in [7, 11) is 0. The Morgan fingerprint density at radius 3 is 2.42 bits per heavy atom. The summed E-state index contributed by atoms with van der Waals surface area (Å²) in [6, 6.07) is 5.71. The third-order valence-electron chi connectivity index (χ3n) is 2.49. The Bertz CT molecular complexity index is 420. The lowest BCUT2D eigenvalue weighted by Gasteiger charge is -2.12. The molecule has 0 saturated carbocycles. The minimum Gasteiger partial charge on any atom is -0.406 e. The fraction of sp³-hybridized carbons (Fsp3) is 0.429. The first kappa shape index (κ1) is 15.4. The Morgan fingerprint density at radius 1 is 1.32 bits per heavy atom. The van der Waals surface area contributed by atoms with Crippen LogP contribution in [-0.4, -0.2) is 12.4 Å². The van der Waals surface area contributed by atoms with Gasteiger partial charge in [-0.25, -0.2) is 0 Å². The molecule has 0 saturated heterocycles. The fourth-order valence-corrected chi connectivity index (χ4v) is 1.58. The van der Waals surface area contributed by atoms with Crippen molar-refractivity contribution in [3.8, 4) is 18.1 Å². The summed E-state index contributed by atoms with van der Waals surface area (Å²) < 4.78 is 39.7. The first-order valence-electron chi connectivity index (χ1n) is 5.99. The summed E-state index contributed by atoms with van der Waals surface area (Å²) in [5.41, 5.74) is 0.853. The number of ether oxygens (including phenoxy) is 1. The molecule has 0 fully saturated rings. The average Bonchev–Trinajstić information content (AvgIpc) is 2.34. The van der Waals surface area contributed by atoms with E-state index in [1.165, 1.54) is 12.1 Å². The third-order valence-corrected chi connectivity index (χ3v) is 2.49. The highest BCUT2D eigenvalue weighted by molar-refractivity contribution is 5.27. The molecule has 0 aliphatic heterocycles. The molecule has 0 spiro atoms. The van der Waals surface area contributed by atoms with Gasteiger partial charge in [-0.3, -0.25) is 5.32 Å². The van der Waals surface area contributed by atoms with Crippen LogP contribution in [0.3, 0.4) is 0 Å². The van der Waals surface area contributed by atoms with Gasteiger partial charge in [0.05, 0.1) is 6.04 Å². The second kappa shape index (κ2) is 7.05. The van der Waals surface area contributed by atoms with Gasteiger partial charge in [-0.1, -0.05) is 31.4 Å². The maximum Gasteiger partial charge on any atom is 0.573 e. The molecule has 0 bridgehead atoms. The van der Waals surface area contributed by atoms with Crippen LogP contribution in [-0.2, 0) is 6.54 Å². The van der Waals surface area contributed by atoms with Crippen LogP contribution in [0.4, 0.5) is 13.2 Å². The van der Waals surface area contributed by atoms with E-state index in [1.54, 1.807) is 12.1 Å². The summed E-state index contributed by atoms with van der Waals surface area (Å²) in [6.07, 6.45) is 2.54. The van der Waals surface area contributed by atoms with E-state index in [4.69, 9.17) is 6.42 Å². The van der Waals surface area contributed by atoms with Gasteiger partial charge in [-0.2, -0.15) is 0 Å². The highest BCUT2D eigenvalue weighted by Gasteiger charge is 2.30. The second-order valence-corrected chi connectivity index (χ2v) is 4.08. The van der Waals surface area contributed by atoms with Crippen molar-refractivity contribution in [3.63, 3.8) is 0 Å². The van der Waals surface area contributed by atoms with Crippen LogP contribution in [0.5, 0.6) is 5.75 Å². The maximum absolute atomic E-state index is 12.0. The summed E-state index contributed by atoms with van der Waals surface area (Å²) in [6.45, 7) is 2.55. The highest BCUT2D eigenvalue weighted by atomic mass is 19.4. The molecule has 1 aromatic carbocycles. The molecular weight excluding hydrogens is 255 g/mol. The molecule has 0 aromatic heterocycles. The number of halogens is 3. The Kier molecular flexibility index (Phi) is 5.71. The van der Waals surface area contributed by atoms with Crippen molar-refractivity contribution in [1.29, 1.82) is 0 Å². The monoisotopic (exact) mass is 271 g/mol. The third kappa shape index (κ3) is 6.16. The smallest absolute Gasteiger partial charge is 0.406 e. The molecular formula is C14H16F3NO. The van der Waals surface area contributed by atoms with E-state index in [-0.39, 0.29) is 11.8 Å². The predicted octanol–water partition coefficient (Wildman–Crippen LogP) is 3.48. The molecule has 0 aliphatic carbocycles. The van der Waals surface area contributed by atoms with E-state index < -0.39 is 6.36 Å². The zero-order valence-electron chi connectivity index (χ0n) is 10.6. The van der Waals surface area contributed by atoms with Crippen molar-refractivity contribution < 1.29 is 17.9 Å². The van der Waals surface area contributed by atoms with Crippen molar-refractivity contribution in [3.05, 3.63) is 29.8 Å². The van der Waals surface area contributed by atoms with Gasteiger partial charge < -0.3 is 4.74 Å². The fourth-order valence-electron chi connectivity index (χ4n) is 1.58. The molecule has 0 amide bonds. The van der Waals surface area contributed by atoms with Gasteiger partial charge >= 0.3 is 6.36 Å².